The number of aromatic nitrogens is 3. The Morgan fingerprint density at radius 2 is 2.33 bits per heavy atom. The van der Waals surface area contributed by atoms with Gasteiger partial charge >= 0.3 is 5.97 Å². The monoisotopic (exact) mass is 205 g/mol. The minimum absolute atomic E-state index is 0.157. The zero-order valence-corrected chi connectivity index (χ0v) is 8.56. The van der Waals surface area contributed by atoms with E-state index in [9.17, 15) is 4.79 Å². The number of hydrogen-bond acceptors (Lipinski definition) is 3. The molecule has 2 aromatic heterocycles. The highest BCUT2D eigenvalue weighted by molar-refractivity contribution is 5.86. The van der Waals surface area contributed by atoms with Crippen LogP contribution in [0.4, 0.5) is 0 Å². The van der Waals surface area contributed by atoms with E-state index < -0.39 is 5.97 Å². The Kier molecular flexibility index (Phi) is 2.15. The standard InChI is InChI=1S/C10H11N3O2/c1-3-7-4-8(10(14)15)13-9(12-7)6(2)5-11-13/h4-5H,3H2,1-2H3,(H,14,15). The summed E-state index contributed by atoms with van der Waals surface area (Å²) in [5.41, 5.74) is 2.42. The molecule has 0 aliphatic rings. The van der Waals surface area contributed by atoms with Gasteiger partial charge in [0.1, 0.15) is 0 Å². The highest BCUT2D eigenvalue weighted by Crippen LogP contribution is 2.11. The number of aryl methyl sites for hydroxylation is 2. The third-order valence-electron chi connectivity index (χ3n) is 2.28. The molecule has 0 amide bonds. The second-order valence-corrected chi connectivity index (χ2v) is 3.35. The van der Waals surface area contributed by atoms with Gasteiger partial charge in [0.15, 0.2) is 11.3 Å². The van der Waals surface area contributed by atoms with E-state index in [1.165, 1.54) is 4.52 Å². The molecule has 5 heteroatoms. The summed E-state index contributed by atoms with van der Waals surface area (Å²) in [7, 11) is 0. The van der Waals surface area contributed by atoms with Crippen LogP contribution < -0.4 is 0 Å². The van der Waals surface area contributed by atoms with Gasteiger partial charge in [0.05, 0.1) is 6.20 Å². The molecule has 0 aliphatic carbocycles. The fraction of sp³-hybridized carbons (Fsp3) is 0.300. The molecule has 0 atom stereocenters. The summed E-state index contributed by atoms with van der Waals surface area (Å²) < 4.78 is 1.36. The van der Waals surface area contributed by atoms with Crippen LogP contribution in [-0.4, -0.2) is 25.7 Å². The van der Waals surface area contributed by atoms with Crippen LogP contribution in [0.25, 0.3) is 5.65 Å². The second-order valence-electron chi connectivity index (χ2n) is 3.35. The fourth-order valence-corrected chi connectivity index (χ4v) is 1.46. The maximum Gasteiger partial charge on any atom is 0.354 e. The quantitative estimate of drug-likeness (QED) is 0.802. The zero-order chi connectivity index (χ0) is 11.0. The van der Waals surface area contributed by atoms with Gasteiger partial charge in [0.2, 0.25) is 0 Å². The molecule has 0 fully saturated rings. The van der Waals surface area contributed by atoms with E-state index in [1.807, 2.05) is 13.8 Å². The number of nitrogens with zero attached hydrogens (tertiary/aromatic N) is 3. The van der Waals surface area contributed by atoms with Gasteiger partial charge in [0.25, 0.3) is 0 Å². The molecule has 0 spiro atoms. The molecular weight excluding hydrogens is 194 g/mol. The SMILES string of the molecule is CCc1cc(C(=O)O)n2ncc(C)c2n1. The van der Waals surface area contributed by atoms with Gasteiger partial charge in [0, 0.05) is 11.3 Å². The Morgan fingerprint density at radius 3 is 2.93 bits per heavy atom. The van der Waals surface area contributed by atoms with E-state index in [4.69, 9.17) is 5.11 Å². The molecule has 2 rings (SSSR count). The average molecular weight is 205 g/mol. The number of carboxylic acid groups (broad SMARTS) is 1. The predicted octanol–water partition coefficient (Wildman–Crippen LogP) is 1.30. The lowest BCUT2D eigenvalue weighted by atomic mass is 10.2. The summed E-state index contributed by atoms with van der Waals surface area (Å²) in [5, 5.41) is 13.0. The van der Waals surface area contributed by atoms with E-state index in [-0.39, 0.29) is 5.69 Å². The van der Waals surface area contributed by atoms with E-state index >= 15 is 0 Å². The third-order valence-corrected chi connectivity index (χ3v) is 2.28. The summed E-state index contributed by atoms with van der Waals surface area (Å²) >= 11 is 0. The van der Waals surface area contributed by atoms with Crippen molar-refractivity contribution in [3.63, 3.8) is 0 Å². The minimum Gasteiger partial charge on any atom is -0.477 e. The molecule has 0 unspecified atom stereocenters. The molecule has 15 heavy (non-hydrogen) atoms. The van der Waals surface area contributed by atoms with Crippen LogP contribution in [0.1, 0.15) is 28.7 Å². The summed E-state index contributed by atoms with van der Waals surface area (Å²) in [6, 6.07) is 1.56. The lowest BCUT2D eigenvalue weighted by Crippen LogP contribution is -2.09. The molecule has 0 aliphatic heterocycles. The second kappa shape index (κ2) is 3.34. The van der Waals surface area contributed by atoms with Crippen molar-refractivity contribution >= 4 is 11.6 Å². The van der Waals surface area contributed by atoms with Gasteiger partial charge in [-0.25, -0.2) is 14.3 Å². The predicted molar refractivity (Wildman–Crippen MR) is 54.1 cm³/mol. The molecule has 0 bridgehead atoms. The van der Waals surface area contributed by atoms with Gasteiger partial charge in [-0.1, -0.05) is 6.92 Å². The van der Waals surface area contributed by atoms with Gasteiger partial charge < -0.3 is 5.11 Å². The number of rotatable bonds is 2. The normalized spacial score (nSPS) is 10.8. The van der Waals surface area contributed by atoms with E-state index in [0.717, 1.165) is 11.3 Å². The molecule has 0 saturated carbocycles. The van der Waals surface area contributed by atoms with Crippen LogP contribution in [-0.2, 0) is 6.42 Å². The first-order valence-electron chi connectivity index (χ1n) is 4.71. The molecule has 78 valence electrons. The lowest BCUT2D eigenvalue weighted by molar-refractivity contribution is 0.0687. The maximum absolute atomic E-state index is 11.0. The largest absolute Gasteiger partial charge is 0.477 e. The smallest absolute Gasteiger partial charge is 0.354 e. The van der Waals surface area contributed by atoms with Crippen molar-refractivity contribution in [3.8, 4) is 0 Å². The molecule has 1 N–H and O–H groups in total. The van der Waals surface area contributed by atoms with Crippen LogP contribution >= 0.6 is 0 Å². The Labute approximate surface area is 86.4 Å². The van der Waals surface area contributed by atoms with Crippen LogP contribution in [0.15, 0.2) is 12.3 Å². The first kappa shape index (κ1) is 9.64. The van der Waals surface area contributed by atoms with Crippen LogP contribution in [0.3, 0.4) is 0 Å². The first-order valence-corrected chi connectivity index (χ1v) is 4.71. The van der Waals surface area contributed by atoms with E-state index in [2.05, 4.69) is 10.1 Å². The lowest BCUT2D eigenvalue weighted by Gasteiger charge is -2.02. The van der Waals surface area contributed by atoms with Crippen LogP contribution in [0, 0.1) is 6.92 Å². The van der Waals surface area contributed by atoms with Crippen molar-refractivity contribution in [3.05, 3.63) is 29.2 Å². The minimum atomic E-state index is -0.986. The molecule has 2 heterocycles. The highest BCUT2D eigenvalue weighted by atomic mass is 16.4. The summed E-state index contributed by atoms with van der Waals surface area (Å²) in [5.74, 6) is -0.986. The Bertz CT molecular complexity index is 531. The van der Waals surface area contributed by atoms with Crippen molar-refractivity contribution in [1.82, 2.24) is 14.6 Å². The van der Waals surface area contributed by atoms with E-state index in [0.29, 0.717) is 12.1 Å². The Balaban J connectivity index is 2.82. The summed E-state index contributed by atoms with van der Waals surface area (Å²) in [4.78, 5) is 15.3. The Hall–Kier alpha value is -1.91. The molecule has 5 nitrogen and oxygen atoms in total. The maximum atomic E-state index is 11.0. The van der Waals surface area contributed by atoms with Crippen molar-refractivity contribution in [2.45, 2.75) is 20.3 Å². The summed E-state index contributed by atoms with van der Waals surface area (Å²) in [6.45, 7) is 3.80. The van der Waals surface area contributed by atoms with Crippen molar-refractivity contribution in [2.75, 3.05) is 0 Å². The first-order chi connectivity index (χ1) is 7.13. The zero-order valence-electron chi connectivity index (χ0n) is 8.56. The Morgan fingerprint density at radius 1 is 1.60 bits per heavy atom. The van der Waals surface area contributed by atoms with Crippen LogP contribution in [0.5, 0.6) is 0 Å². The van der Waals surface area contributed by atoms with Gasteiger partial charge in [-0.2, -0.15) is 5.10 Å². The summed E-state index contributed by atoms with van der Waals surface area (Å²) in [6.07, 6.45) is 2.33. The molecule has 0 radical (unpaired) electrons. The number of fused-ring (bicyclic) bond motifs is 1. The van der Waals surface area contributed by atoms with Crippen molar-refractivity contribution in [1.29, 1.82) is 0 Å². The molecule has 2 aromatic rings. The number of aromatic carboxylic acids is 1. The topological polar surface area (TPSA) is 67.5 Å². The number of carbonyl (C=O) groups is 1. The highest BCUT2D eigenvalue weighted by Gasteiger charge is 2.13. The molecular formula is C10H11N3O2. The van der Waals surface area contributed by atoms with Crippen molar-refractivity contribution < 1.29 is 9.90 Å². The third kappa shape index (κ3) is 1.45. The number of carboxylic acids is 1. The number of hydrogen-bond donors (Lipinski definition) is 1. The molecule has 0 aromatic carbocycles. The fourth-order valence-electron chi connectivity index (χ4n) is 1.46. The van der Waals surface area contributed by atoms with Crippen molar-refractivity contribution in [2.24, 2.45) is 0 Å². The molecule has 0 saturated heterocycles. The average Bonchev–Trinajstić information content (AvgIpc) is 2.59. The van der Waals surface area contributed by atoms with Gasteiger partial charge in [-0.3, -0.25) is 0 Å². The van der Waals surface area contributed by atoms with Gasteiger partial charge in [-0.05, 0) is 19.4 Å². The van der Waals surface area contributed by atoms with Gasteiger partial charge in [-0.15, -0.1) is 0 Å². The van der Waals surface area contributed by atoms with Crippen LogP contribution in [0.2, 0.25) is 0 Å². The van der Waals surface area contributed by atoms with E-state index in [1.54, 1.807) is 12.3 Å².